The van der Waals surface area contributed by atoms with Crippen molar-refractivity contribution in [3.63, 3.8) is 0 Å². The van der Waals surface area contributed by atoms with E-state index in [1.807, 2.05) is 18.2 Å². The summed E-state index contributed by atoms with van der Waals surface area (Å²) in [6.45, 7) is 6.99. The number of hydrogen-bond donors (Lipinski definition) is 2. The van der Waals surface area contributed by atoms with E-state index >= 15 is 0 Å². The highest BCUT2D eigenvalue weighted by Crippen LogP contribution is 2.14. The summed E-state index contributed by atoms with van der Waals surface area (Å²) in [6.07, 6.45) is 2.59. The van der Waals surface area contributed by atoms with Crippen molar-refractivity contribution in [3.8, 4) is 5.75 Å². The van der Waals surface area contributed by atoms with Crippen LogP contribution in [0.5, 0.6) is 5.75 Å². The van der Waals surface area contributed by atoms with Gasteiger partial charge in [0, 0.05) is 19.6 Å². The van der Waals surface area contributed by atoms with Crippen molar-refractivity contribution < 1.29 is 4.74 Å². The van der Waals surface area contributed by atoms with Gasteiger partial charge in [-0.2, -0.15) is 0 Å². The second kappa shape index (κ2) is 11.5. The number of guanidine groups is 1. The van der Waals surface area contributed by atoms with Crippen molar-refractivity contribution in [1.82, 2.24) is 15.5 Å². The summed E-state index contributed by atoms with van der Waals surface area (Å²) in [6, 6.07) is 8.06. The first kappa shape index (κ1) is 21.0. The number of aliphatic imine (C=N–C) groups is 1. The number of nitrogens with one attached hydrogen (secondary N) is 2. The Hall–Kier alpha value is -1.02. The van der Waals surface area contributed by atoms with Gasteiger partial charge >= 0.3 is 0 Å². The minimum absolute atomic E-state index is 0. The van der Waals surface area contributed by atoms with Crippen LogP contribution in [-0.2, 0) is 6.54 Å². The minimum atomic E-state index is 0. The summed E-state index contributed by atoms with van der Waals surface area (Å²) in [5.74, 6) is 2.47. The largest absolute Gasteiger partial charge is 0.497 e. The quantitative estimate of drug-likeness (QED) is 0.401. The van der Waals surface area contributed by atoms with E-state index in [9.17, 15) is 0 Å². The summed E-state index contributed by atoms with van der Waals surface area (Å²) in [5.41, 5.74) is 1.15. The van der Waals surface area contributed by atoms with Gasteiger partial charge in [-0.3, -0.25) is 0 Å². The molecule has 1 saturated heterocycles. The maximum Gasteiger partial charge on any atom is 0.191 e. The first-order valence-corrected chi connectivity index (χ1v) is 8.55. The van der Waals surface area contributed by atoms with Crippen LogP contribution in [-0.4, -0.2) is 51.2 Å². The summed E-state index contributed by atoms with van der Waals surface area (Å²) in [7, 11) is 3.89. The van der Waals surface area contributed by atoms with Crippen LogP contribution in [0, 0.1) is 5.92 Å². The van der Waals surface area contributed by atoms with Crippen molar-refractivity contribution >= 4 is 29.9 Å². The van der Waals surface area contributed by atoms with Crippen LogP contribution >= 0.6 is 24.0 Å². The fourth-order valence-corrected chi connectivity index (χ4v) is 2.96. The van der Waals surface area contributed by atoms with Crippen molar-refractivity contribution in [2.24, 2.45) is 10.9 Å². The van der Waals surface area contributed by atoms with Gasteiger partial charge in [-0.1, -0.05) is 12.1 Å². The normalized spacial score (nSPS) is 18.6. The Morgan fingerprint density at radius 2 is 2.21 bits per heavy atom. The molecule has 1 fully saturated rings. The Kier molecular flexibility index (Phi) is 10.1. The first-order chi connectivity index (χ1) is 11.2. The zero-order valence-corrected chi connectivity index (χ0v) is 17.4. The maximum atomic E-state index is 5.26. The van der Waals surface area contributed by atoms with Crippen LogP contribution in [0.25, 0.3) is 0 Å². The third-order valence-electron chi connectivity index (χ3n) is 4.18. The first-order valence-electron chi connectivity index (χ1n) is 8.55. The molecule has 6 heteroatoms. The van der Waals surface area contributed by atoms with E-state index in [2.05, 4.69) is 40.6 Å². The molecule has 2 rings (SSSR count). The smallest absolute Gasteiger partial charge is 0.191 e. The Bertz CT molecular complexity index is 510. The number of piperidine rings is 1. The second-order valence-electron chi connectivity index (χ2n) is 6.20. The van der Waals surface area contributed by atoms with Crippen LogP contribution < -0.4 is 15.4 Å². The Morgan fingerprint density at radius 3 is 2.92 bits per heavy atom. The lowest BCUT2D eigenvalue weighted by Crippen LogP contribution is -2.43. The summed E-state index contributed by atoms with van der Waals surface area (Å²) < 4.78 is 5.26. The lowest BCUT2D eigenvalue weighted by atomic mass is 9.99. The van der Waals surface area contributed by atoms with Crippen LogP contribution in [0.2, 0.25) is 0 Å². The number of benzene rings is 1. The van der Waals surface area contributed by atoms with Gasteiger partial charge in [0.05, 0.1) is 13.7 Å². The van der Waals surface area contributed by atoms with Gasteiger partial charge in [0.2, 0.25) is 0 Å². The highest BCUT2D eigenvalue weighted by molar-refractivity contribution is 14.0. The molecule has 2 N–H and O–H groups in total. The minimum Gasteiger partial charge on any atom is -0.497 e. The molecule has 0 amide bonds. The maximum absolute atomic E-state index is 5.26. The molecule has 0 bridgehead atoms. The molecular formula is C18H31IN4O. The van der Waals surface area contributed by atoms with Gasteiger partial charge < -0.3 is 20.3 Å². The zero-order valence-electron chi connectivity index (χ0n) is 15.0. The molecule has 1 aromatic rings. The molecule has 1 atom stereocenters. The third-order valence-corrected chi connectivity index (χ3v) is 4.18. The highest BCUT2D eigenvalue weighted by atomic mass is 127. The number of likely N-dealkylation sites (tertiary alicyclic amines) is 1. The van der Waals surface area contributed by atoms with Crippen molar-refractivity contribution in [2.45, 2.75) is 26.3 Å². The number of methoxy groups -OCH3 is 1. The molecule has 5 nitrogen and oxygen atoms in total. The summed E-state index contributed by atoms with van der Waals surface area (Å²) >= 11 is 0. The molecule has 1 aliphatic heterocycles. The van der Waals surface area contributed by atoms with E-state index in [1.54, 1.807) is 7.11 Å². The Labute approximate surface area is 163 Å². The number of ether oxygens (including phenoxy) is 1. The fourth-order valence-electron chi connectivity index (χ4n) is 2.96. The monoisotopic (exact) mass is 446 g/mol. The molecule has 24 heavy (non-hydrogen) atoms. The van der Waals surface area contributed by atoms with E-state index in [0.29, 0.717) is 12.5 Å². The standard InChI is InChI=1S/C18H30N4O.HI/c1-4-19-18(21-13-16-8-6-10-22(2)14-16)20-12-15-7-5-9-17(11-15)23-3;/h5,7,9,11,16H,4,6,8,10,12-14H2,1-3H3,(H2,19,20,21);1H. The lowest BCUT2D eigenvalue weighted by Gasteiger charge is -2.30. The molecule has 0 aliphatic carbocycles. The molecule has 0 spiro atoms. The molecule has 1 aromatic carbocycles. The van der Waals surface area contributed by atoms with E-state index in [-0.39, 0.29) is 24.0 Å². The fraction of sp³-hybridized carbons (Fsp3) is 0.611. The van der Waals surface area contributed by atoms with Gasteiger partial charge in [-0.05, 0) is 57.0 Å². The van der Waals surface area contributed by atoms with Crippen LogP contribution in [0.1, 0.15) is 25.3 Å². The molecule has 0 radical (unpaired) electrons. The van der Waals surface area contributed by atoms with E-state index < -0.39 is 0 Å². The number of rotatable bonds is 6. The van der Waals surface area contributed by atoms with Gasteiger partial charge in [-0.15, -0.1) is 24.0 Å². The summed E-state index contributed by atoms with van der Waals surface area (Å²) in [4.78, 5) is 7.10. The SMILES string of the molecule is CCNC(=NCc1cccc(OC)c1)NCC1CCCN(C)C1.I. The molecule has 1 unspecified atom stereocenters. The average Bonchev–Trinajstić information content (AvgIpc) is 2.57. The molecule has 0 aromatic heterocycles. The molecular weight excluding hydrogens is 415 g/mol. The second-order valence-corrected chi connectivity index (χ2v) is 6.20. The molecule has 1 heterocycles. The van der Waals surface area contributed by atoms with Crippen molar-refractivity contribution in [2.75, 3.05) is 40.3 Å². The van der Waals surface area contributed by atoms with Crippen LogP contribution in [0.3, 0.4) is 0 Å². The predicted molar refractivity (Wildman–Crippen MR) is 111 cm³/mol. The number of halogens is 1. The Morgan fingerprint density at radius 1 is 1.38 bits per heavy atom. The molecule has 0 saturated carbocycles. The predicted octanol–water partition coefficient (Wildman–Crippen LogP) is 2.71. The third kappa shape index (κ3) is 7.25. The highest BCUT2D eigenvalue weighted by Gasteiger charge is 2.17. The van der Waals surface area contributed by atoms with Crippen molar-refractivity contribution in [1.29, 1.82) is 0 Å². The van der Waals surface area contributed by atoms with E-state index in [4.69, 9.17) is 4.74 Å². The average molecular weight is 446 g/mol. The van der Waals surface area contributed by atoms with Crippen LogP contribution in [0.4, 0.5) is 0 Å². The summed E-state index contributed by atoms with van der Waals surface area (Å²) in [5, 5.41) is 6.82. The molecule has 1 aliphatic rings. The van der Waals surface area contributed by atoms with Gasteiger partial charge in [0.15, 0.2) is 5.96 Å². The van der Waals surface area contributed by atoms with E-state index in [0.717, 1.165) is 30.4 Å². The number of nitrogens with zero attached hydrogens (tertiary/aromatic N) is 2. The molecule has 136 valence electrons. The van der Waals surface area contributed by atoms with Crippen LogP contribution in [0.15, 0.2) is 29.3 Å². The van der Waals surface area contributed by atoms with Gasteiger partial charge in [0.1, 0.15) is 5.75 Å². The van der Waals surface area contributed by atoms with E-state index in [1.165, 1.54) is 25.9 Å². The topological polar surface area (TPSA) is 48.9 Å². The number of hydrogen-bond acceptors (Lipinski definition) is 3. The lowest BCUT2D eigenvalue weighted by molar-refractivity contribution is 0.210. The van der Waals surface area contributed by atoms with Gasteiger partial charge in [0.25, 0.3) is 0 Å². The van der Waals surface area contributed by atoms with Crippen molar-refractivity contribution in [3.05, 3.63) is 29.8 Å². The Balaban J connectivity index is 0.00000288. The van der Waals surface area contributed by atoms with Gasteiger partial charge in [-0.25, -0.2) is 4.99 Å². The zero-order chi connectivity index (χ0) is 16.5.